The molecular formula is C17H20N2O3S2. The van der Waals surface area contributed by atoms with Gasteiger partial charge in [-0.1, -0.05) is 18.2 Å². The van der Waals surface area contributed by atoms with E-state index in [1.807, 2.05) is 37.4 Å². The quantitative estimate of drug-likeness (QED) is 0.841. The molecule has 128 valence electrons. The van der Waals surface area contributed by atoms with Gasteiger partial charge in [-0.15, -0.1) is 11.3 Å². The average molecular weight is 364 g/mol. The molecule has 24 heavy (non-hydrogen) atoms. The smallest absolute Gasteiger partial charge is 0.264 e. The minimum atomic E-state index is -3.52. The molecule has 0 aliphatic carbocycles. The molecule has 0 saturated carbocycles. The highest BCUT2D eigenvalue weighted by atomic mass is 32.2. The number of thiophene rings is 1. The number of hydrogen-bond acceptors (Lipinski definition) is 4. The van der Waals surface area contributed by atoms with E-state index in [1.165, 1.54) is 15.6 Å². The maximum absolute atomic E-state index is 12.9. The van der Waals surface area contributed by atoms with E-state index >= 15 is 0 Å². The number of amides is 1. The lowest BCUT2D eigenvalue weighted by Gasteiger charge is -2.34. The van der Waals surface area contributed by atoms with Crippen LogP contribution in [-0.2, 0) is 10.0 Å². The predicted octanol–water partition coefficient (Wildman–Crippen LogP) is 2.51. The molecular weight excluding hydrogens is 344 g/mol. The van der Waals surface area contributed by atoms with Crippen LogP contribution >= 0.6 is 11.3 Å². The summed E-state index contributed by atoms with van der Waals surface area (Å²) in [5.74, 6) is -0.0196. The van der Waals surface area contributed by atoms with Crippen molar-refractivity contribution in [2.45, 2.75) is 18.7 Å². The molecule has 1 saturated heterocycles. The van der Waals surface area contributed by atoms with Crippen molar-refractivity contribution in [3.05, 3.63) is 51.7 Å². The van der Waals surface area contributed by atoms with Crippen molar-refractivity contribution in [1.29, 1.82) is 0 Å². The van der Waals surface area contributed by atoms with Crippen LogP contribution < -0.4 is 0 Å². The van der Waals surface area contributed by atoms with Crippen LogP contribution in [0.3, 0.4) is 0 Å². The molecule has 1 amide bonds. The summed E-state index contributed by atoms with van der Waals surface area (Å²) in [6.07, 6.45) is 0. The second kappa shape index (κ2) is 6.66. The SMILES string of the molecule is Cc1ccc(C)c(S(=O)(=O)N2CCN(C(=O)c3cccs3)CC2)c1. The largest absolute Gasteiger partial charge is 0.335 e. The fraction of sp³-hybridized carbons (Fsp3) is 0.353. The Morgan fingerprint density at radius 3 is 2.42 bits per heavy atom. The second-order valence-electron chi connectivity index (χ2n) is 5.94. The first-order chi connectivity index (χ1) is 11.4. The summed E-state index contributed by atoms with van der Waals surface area (Å²) >= 11 is 1.41. The molecule has 5 nitrogen and oxygen atoms in total. The van der Waals surface area contributed by atoms with E-state index in [-0.39, 0.29) is 5.91 Å². The van der Waals surface area contributed by atoms with Gasteiger partial charge in [-0.2, -0.15) is 4.31 Å². The first-order valence-corrected chi connectivity index (χ1v) is 10.1. The highest BCUT2D eigenvalue weighted by molar-refractivity contribution is 7.89. The summed E-state index contributed by atoms with van der Waals surface area (Å²) in [4.78, 5) is 15.1. The summed E-state index contributed by atoms with van der Waals surface area (Å²) in [6.45, 7) is 5.18. The van der Waals surface area contributed by atoms with E-state index in [4.69, 9.17) is 0 Å². The van der Waals surface area contributed by atoms with Crippen molar-refractivity contribution in [3.8, 4) is 0 Å². The van der Waals surface area contributed by atoms with E-state index < -0.39 is 10.0 Å². The maximum Gasteiger partial charge on any atom is 0.264 e. The summed E-state index contributed by atoms with van der Waals surface area (Å²) in [5, 5.41) is 1.87. The van der Waals surface area contributed by atoms with Gasteiger partial charge in [-0.3, -0.25) is 4.79 Å². The Morgan fingerprint density at radius 1 is 1.08 bits per heavy atom. The van der Waals surface area contributed by atoms with Crippen LogP contribution in [0.25, 0.3) is 0 Å². The summed E-state index contributed by atoms with van der Waals surface area (Å²) in [7, 11) is -3.52. The molecule has 0 radical (unpaired) electrons. The number of hydrogen-bond donors (Lipinski definition) is 0. The number of aryl methyl sites for hydroxylation is 2. The van der Waals surface area contributed by atoms with Crippen LogP contribution in [0.1, 0.15) is 20.8 Å². The van der Waals surface area contributed by atoms with Crippen molar-refractivity contribution in [2.24, 2.45) is 0 Å². The minimum absolute atomic E-state index is 0.0196. The Bertz CT molecular complexity index is 837. The topological polar surface area (TPSA) is 57.7 Å². The van der Waals surface area contributed by atoms with E-state index in [0.717, 1.165) is 11.1 Å². The first kappa shape index (κ1) is 17.1. The zero-order valence-electron chi connectivity index (χ0n) is 13.7. The van der Waals surface area contributed by atoms with Crippen molar-refractivity contribution in [1.82, 2.24) is 9.21 Å². The van der Waals surface area contributed by atoms with Gasteiger partial charge < -0.3 is 4.90 Å². The highest BCUT2D eigenvalue weighted by Crippen LogP contribution is 2.23. The average Bonchev–Trinajstić information content (AvgIpc) is 3.11. The van der Waals surface area contributed by atoms with Crippen molar-refractivity contribution < 1.29 is 13.2 Å². The van der Waals surface area contributed by atoms with Gasteiger partial charge in [-0.25, -0.2) is 8.42 Å². The molecule has 0 spiro atoms. The van der Waals surface area contributed by atoms with Gasteiger partial charge >= 0.3 is 0 Å². The second-order valence-corrected chi connectivity index (χ2v) is 8.80. The predicted molar refractivity (Wildman–Crippen MR) is 94.9 cm³/mol. The fourth-order valence-electron chi connectivity index (χ4n) is 2.81. The van der Waals surface area contributed by atoms with Crippen molar-refractivity contribution in [2.75, 3.05) is 26.2 Å². The Balaban J connectivity index is 1.74. The molecule has 0 N–H and O–H groups in total. The summed E-state index contributed by atoms with van der Waals surface area (Å²) in [5.41, 5.74) is 1.67. The zero-order valence-corrected chi connectivity index (χ0v) is 15.4. The Hall–Kier alpha value is -1.70. The van der Waals surface area contributed by atoms with Gasteiger partial charge in [0.05, 0.1) is 9.77 Å². The van der Waals surface area contributed by atoms with Crippen LogP contribution in [0.15, 0.2) is 40.6 Å². The number of benzene rings is 1. The van der Waals surface area contributed by atoms with E-state index in [9.17, 15) is 13.2 Å². The van der Waals surface area contributed by atoms with Crippen LogP contribution in [0, 0.1) is 13.8 Å². The molecule has 3 rings (SSSR count). The van der Waals surface area contributed by atoms with Gasteiger partial charge in [0.15, 0.2) is 0 Å². The van der Waals surface area contributed by atoms with Gasteiger partial charge in [0.2, 0.25) is 10.0 Å². The van der Waals surface area contributed by atoms with Gasteiger partial charge in [0, 0.05) is 26.2 Å². The molecule has 1 aliphatic heterocycles. The Kier molecular flexibility index (Phi) is 4.76. The minimum Gasteiger partial charge on any atom is -0.335 e. The molecule has 2 heterocycles. The molecule has 2 aromatic rings. The maximum atomic E-state index is 12.9. The summed E-state index contributed by atoms with van der Waals surface area (Å²) < 4.78 is 27.3. The van der Waals surface area contributed by atoms with Gasteiger partial charge in [0.25, 0.3) is 5.91 Å². The number of rotatable bonds is 3. The molecule has 1 aliphatic rings. The Labute approximate surface area is 146 Å². The molecule has 0 unspecified atom stereocenters. The normalized spacial score (nSPS) is 16.3. The Morgan fingerprint density at radius 2 is 1.79 bits per heavy atom. The van der Waals surface area contributed by atoms with Gasteiger partial charge in [0.1, 0.15) is 0 Å². The first-order valence-electron chi connectivity index (χ1n) is 7.80. The van der Waals surface area contributed by atoms with E-state index in [1.54, 1.807) is 17.0 Å². The molecule has 7 heteroatoms. The highest BCUT2D eigenvalue weighted by Gasteiger charge is 2.31. The van der Waals surface area contributed by atoms with E-state index in [2.05, 4.69) is 0 Å². The van der Waals surface area contributed by atoms with Crippen LogP contribution in [0.2, 0.25) is 0 Å². The van der Waals surface area contributed by atoms with Crippen molar-refractivity contribution in [3.63, 3.8) is 0 Å². The van der Waals surface area contributed by atoms with Crippen LogP contribution in [0.5, 0.6) is 0 Å². The number of carbonyl (C=O) groups excluding carboxylic acids is 1. The third-order valence-corrected chi connectivity index (χ3v) is 7.12. The van der Waals surface area contributed by atoms with Gasteiger partial charge in [-0.05, 0) is 42.5 Å². The lowest BCUT2D eigenvalue weighted by molar-refractivity contribution is 0.0703. The number of sulfonamides is 1. The lowest BCUT2D eigenvalue weighted by atomic mass is 10.2. The number of piperazine rings is 1. The van der Waals surface area contributed by atoms with Crippen molar-refractivity contribution >= 4 is 27.3 Å². The molecule has 0 bridgehead atoms. The third-order valence-electron chi connectivity index (χ3n) is 4.22. The van der Waals surface area contributed by atoms with E-state index in [0.29, 0.717) is 36.0 Å². The number of carbonyl (C=O) groups is 1. The number of nitrogens with zero attached hydrogens (tertiary/aromatic N) is 2. The molecule has 0 atom stereocenters. The standard InChI is InChI=1S/C17H20N2O3S2/c1-13-5-6-14(2)16(12-13)24(21,22)19-9-7-18(8-10-19)17(20)15-4-3-11-23-15/h3-6,11-12H,7-10H2,1-2H3. The van der Waals surface area contributed by atoms with Crippen LogP contribution in [0.4, 0.5) is 0 Å². The fourth-order valence-corrected chi connectivity index (χ4v) is 5.23. The third kappa shape index (κ3) is 3.24. The lowest BCUT2D eigenvalue weighted by Crippen LogP contribution is -2.50. The van der Waals surface area contributed by atoms with Crippen LogP contribution in [-0.4, -0.2) is 49.7 Å². The summed E-state index contributed by atoms with van der Waals surface area (Å²) in [6, 6.07) is 9.10. The zero-order chi connectivity index (χ0) is 17.3. The molecule has 1 aromatic carbocycles. The molecule has 1 aromatic heterocycles. The monoisotopic (exact) mass is 364 g/mol. The molecule has 1 fully saturated rings.